The maximum absolute atomic E-state index is 12.5. The van der Waals surface area contributed by atoms with Crippen LogP contribution in [-0.2, 0) is 15.8 Å². The number of carbonyl (C=O) groups is 1. The molecule has 1 amide bonds. The third kappa shape index (κ3) is 5.02. The van der Waals surface area contributed by atoms with E-state index >= 15 is 0 Å². The molecule has 138 valence electrons. The number of amides is 1. The van der Waals surface area contributed by atoms with Gasteiger partial charge in [-0.05, 0) is 38.5 Å². The standard InChI is InChI=1S/C14H18F3N5O3/c1-13(2,3)19-22(24)20-25-10-6-7-21(12(10)23)9-4-5-11(18-8-9)14(15,16)17/h4-5,8,10H,6-7H2,1-3H3,(H,19,20)/t10-/m1/s1. The monoisotopic (exact) mass is 361 g/mol. The molecule has 1 fully saturated rings. The van der Waals surface area contributed by atoms with Crippen LogP contribution in [0.4, 0.5) is 18.9 Å². The number of hydrogen-bond acceptors (Lipinski definition) is 5. The third-order valence-electron chi connectivity index (χ3n) is 3.17. The number of pyridine rings is 1. The molecule has 2 heterocycles. The Balaban J connectivity index is 1.99. The first-order chi connectivity index (χ1) is 11.5. The van der Waals surface area contributed by atoms with Crippen molar-refractivity contribution < 1.29 is 27.8 Å². The lowest BCUT2D eigenvalue weighted by Gasteiger charge is -2.17. The summed E-state index contributed by atoms with van der Waals surface area (Å²) in [6, 6.07) is 1.97. The summed E-state index contributed by atoms with van der Waals surface area (Å²) < 4.78 is 37.5. The van der Waals surface area contributed by atoms with Crippen molar-refractivity contribution >= 4 is 11.6 Å². The molecule has 1 aliphatic rings. The zero-order chi connectivity index (χ0) is 18.8. The summed E-state index contributed by atoms with van der Waals surface area (Å²) >= 11 is 0. The SMILES string of the molecule is CC(C)(C)N=[N+]([O-])NO[C@@H]1CCN(c2ccc(C(F)(F)F)nc2)C1=O. The number of rotatable bonds is 4. The number of nitrogens with zero attached hydrogens (tertiary/aromatic N) is 4. The third-order valence-corrected chi connectivity index (χ3v) is 3.17. The predicted octanol–water partition coefficient (Wildman–Crippen LogP) is 2.40. The van der Waals surface area contributed by atoms with Crippen LogP contribution in [0.15, 0.2) is 23.4 Å². The number of hydrazine groups is 1. The summed E-state index contributed by atoms with van der Waals surface area (Å²) in [5, 5.41) is 15.2. The van der Waals surface area contributed by atoms with Gasteiger partial charge in [0, 0.05) is 18.1 Å². The predicted molar refractivity (Wildman–Crippen MR) is 80.0 cm³/mol. The largest absolute Gasteiger partial charge is 0.570 e. The summed E-state index contributed by atoms with van der Waals surface area (Å²) in [4.78, 5) is 22.0. The fraction of sp³-hybridized carbons (Fsp3) is 0.571. The van der Waals surface area contributed by atoms with Gasteiger partial charge in [-0.1, -0.05) is 0 Å². The van der Waals surface area contributed by atoms with Crippen molar-refractivity contribution in [1.29, 1.82) is 0 Å². The van der Waals surface area contributed by atoms with Crippen molar-refractivity contribution in [1.82, 2.24) is 10.6 Å². The van der Waals surface area contributed by atoms with Crippen LogP contribution in [-0.4, -0.2) is 34.0 Å². The van der Waals surface area contributed by atoms with Gasteiger partial charge >= 0.3 is 6.18 Å². The lowest BCUT2D eigenvalue weighted by atomic mass is 10.1. The van der Waals surface area contributed by atoms with Gasteiger partial charge in [0.05, 0.1) is 16.9 Å². The van der Waals surface area contributed by atoms with Crippen LogP contribution in [0.5, 0.6) is 0 Å². The molecule has 1 atom stereocenters. The summed E-state index contributed by atoms with van der Waals surface area (Å²) in [6.45, 7) is 5.35. The van der Waals surface area contributed by atoms with Crippen molar-refractivity contribution in [3.8, 4) is 0 Å². The Bertz CT molecular complexity index is 655. The molecule has 0 aromatic carbocycles. The van der Waals surface area contributed by atoms with E-state index < -0.39 is 29.4 Å². The molecule has 0 bridgehead atoms. The summed E-state index contributed by atoms with van der Waals surface area (Å²) in [6.07, 6.45) is -4.26. The van der Waals surface area contributed by atoms with Crippen molar-refractivity contribution in [2.24, 2.45) is 5.11 Å². The molecule has 11 heteroatoms. The molecule has 1 aliphatic heterocycles. The summed E-state index contributed by atoms with van der Waals surface area (Å²) in [5.41, 5.74) is 0.568. The van der Waals surface area contributed by atoms with Gasteiger partial charge in [-0.15, -0.1) is 0 Å². The number of alkyl halides is 3. The minimum Gasteiger partial charge on any atom is -0.570 e. The summed E-state index contributed by atoms with van der Waals surface area (Å²) in [7, 11) is 0. The number of carbonyl (C=O) groups excluding carboxylic acids is 1. The van der Waals surface area contributed by atoms with E-state index in [1.807, 2.05) is 5.59 Å². The molecule has 2 rings (SSSR count). The first-order valence-corrected chi connectivity index (χ1v) is 7.43. The molecule has 1 N–H and O–H groups in total. The molecule has 25 heavy (non-hydrogen) atoms. The maximum Gasteiger partial charge on any atom is 0.433 e. The molecule has 1 saturated heterocycles. The number of hydrogen-bond donors (Lipinski definition) is 1. The fourth-order valence-electron chi connectivity index (χ4n) is 2.13. The minimum atomic E-state index is -4.54. The normalized spacial score (nSPS) is 19.4. The Morgan fingerprint density at radius 1 is 1.40 bits per heavy atom. The van der Waals surface area contributed by atoms with Gasteiger partial charge in [0.2, 0.25) is 0 Å². The smallest absolute Gasteiger partial charge is 0.433 e. The highest BCUT2D eigenvalue weighted by atomic mass is 19.4. The van der Waals surface area contributed by atoms with Crippen LogP contribution in [0.25, 0.3) is 0 Å². The van der Waals surface area contributed by atoms with Gasteiger partial charge in [-0.2, -0.15) is 13.2 Å². The highest BCUT2D eigenvalue weighted by Crippen LogP contribution is 2.29. The molecule has 0 saturated carbocycles. The molecule has 0 spiro atoms. The van der Waals surface area contributed by atoms with Crippen molar-refractivity contribution in [3.05, 3.63) is 29.2 Å². The Kier molecular flexibility index (Phi) is 5.16. The number of halogens is 3. The minimum absolute atomic E-state index is 0.121. The highest BCUT2D eigenvalue weighted by Gasteiger charge is 2.36. The van der Waals surface area contributed by atoms with E-state index in [0.717, 1.165) is 12.3 Å². The zero-order valence-corrected chi connectivity index (χ0v) is 13.9. The van der Waals surface area contributed by atoms with Crippen LogP contribution in [0.2, 0.25) is 0 Å². The fourth-order valence-corrected chi connectivity index (χ4v) is 2.13. The average Bonchev–Trinajstić information content (AvgIpc) is 2.84. The van der Waals surface area contributed by atoms with Gasteiger partial charge in [-0.25, -0.2) is 9.82 Å². The molecule has 8 nitrogen and oxygen atoms in total. The Morgan fingerprint density at radius 3 is 2.60 bits per heavy atom. The molecule has 0 radical (unpaired) electrons. The molecular formula is C14H18F3N5O3. The van der Waals surface area contributed by atoms with Crippen LogP contribution >= 0.6 is 0 Å². The van der Waals surface area contributed by atoms with Gasteiger partial charge in [0.25, 0.3) is 5.91 Å². The van der Waals surface area contributed by atoms with E-state index in [4.69, 9.17) is 4.84 Å². The van der Waals surface area contributed by atoms with Crippen molar-refractivity contribution in [2.75, 3.05) is 11.4 Å². The lowest BCUT2D eigenvalue weighted by molar-refractivity contribution is -0.651. The van der Waals surface area contributed by atoms with E-state index in [9.17, 15) is 23.2 Å². The number of aromatic nitrogens is 1. The van der Waals surface area contributed by atoms with E-state index in [1.165, 1.54) is 11.0 Å². The maximum atomic E-state index is 12.5. The van der Waals surface area contributed by atoms with Crippen molar-refractivity contribution in [2.45, 2.75) is 45.0 Å². The topological polar surface area (TPSA) is 92.9 Å². The second-order valence-electron chi connectivity index (χ2n) is 6.42. The lowest BCUT2D eigenvalue weighted by Crippen LogP contribution is -2.37. The van der Waals surface area contributed by atoms with Gasteiger partial charge in [0.15, 0.2) is 6.10 Å². The first-order valence-electron chi connectivity index (χ1n) is 7.43. The van der Waals surface area contributed by atoms with Gasteiger partial charge in [0.1, 0.15) is 11.2 Å². The van der Waals surface area contributed by atoms with Crippen LogP contribution in [0, 0.1) is 5.21 Å². The van der Waals surface area contributed by atoms with Gasteiger partial charge in [-0.3, -0.25) is 4.79 Å². The van der Waals surface area contributed by atoms with Crippen molar-refractivity contribution in [3.63, 3.8) is 0 Å². The molecule has 1 aromatic rings. The molecule has 0 unspecified atom stereocenters. The van der Waals surface area contributed by atoms with E-state index in [0.29, 0.717) is 0 Å². The summed E-state index contributed by atoms with van der Waals surface area (Å²) in [5.74, 6) is -0.488. The average molecular weight is 361 g/mol. The zero-order valence-electron chi connectivity index (χ0n) is 13.9. The Hall–Kier alpha value is -2.43. The quantitative estimate of drug-likeness (QED) is 0.505. The Morgan fingerprint density at radius 2 is 2.08 bits per heavy atom. The van der Waals surface area contributed by atoms with Crippen LogP contribution in [0.1, 0.15) is 32.9 Å². The second-order valence-corrected chi connectivity index (χ2v) is 6.42. The highest BCUT2D eigenvalue weighted by molar-refractivity contribution is 5.98. The van der Waals surface area contributed by atoms with Crippen LogP contribution in [0.3, 0.4) is 0 Å². The number of nitrogens with one attached hydrogen (secondary N) is 1. The van der Waals surface area contributed by atoms with Crippen LogP contribution < -0.4 is 10.5 Å². The first kappa shape index (κ1) is 18.9. The molecular weight excluding hydrogens is 343 g/mol. The Labute approximate surface area is 141 Å². The molecule has 1 aromatic heterocycles. The van der Waals surface area contributed by atoms with E-state index in [-0.39, 0.29) is 23.6 Å². The van der Waals surface area contributed by atoms with E-state index in [1.54, 1.807) is 20.8 Å². The van der Waals surface area contributed by atoms with E-state index in [2.05, 4.69) is 10.1 Å². The molecule has 0 aliphatic carbocycles. The van der Waals surface area contributed by atoms with Gasteiger partial charge < -0.3 is 10.1 Å². The number of anilines is 1. The second kappa shape index (κ2) is 6.82.